The van der Waals surface area contributed by atoms with Crippen LogP contribution < -0.4 is 9.64 Å². The van der Waals surface area contributed by atoms with Crippen molar-refractivity contribution in [3.63, 3.8) is 0 Å². The van der Waals surface area contributed by atoms with Crippen molar-refractivity contribution in [2.75, 3.05) is 18.6 Å². The largest absolute Gasteiger partial charge is 0.457 e. The summed E-state index contributed by atoms with van der Waals surface area (Å²) < 4.78 is 6.89. The van der Waals surface area contributed by atoms with Crippen LogP contribution in [0.4, 0.5) is 5.69 Å². The first-order valence-corrected chi connectivity index (χ1v) is 13.9. The third-order valence-corrected chi connectivity index (χ3v) is 8.00. The maximum atomic E-state index is 6.89. The minimum atomic E-state index is 0.777. The van der Waals surface area contributed by atoms with Gasteiger partial charge in [0.2, 0.25) is 0 Å². The molecule has 2 heterocycles. The van der Waals surface area contributed by atoms with Crippen molar-refractivity contribution >= 4 is 16.5 Å². The van der Waals surface area contributed by atoms with Crippen LogP contribution in [0.15, 0.2) is 134 Å². The summed E-state index contributed by atoms with van der Waals surface area (Å²) in [4.78, 5) is 8.99. The van der Waals surface area contributed by atoms with Gasteiger partial charge < -0.3 is 14.5 Å². The van der Waals surface area contributed by atoms with Crippen molar-refractivity contribution in [1.29, 1.82) is 0 Å². The van der Waals surface area contributed by atoms with E-state index in [1.807, 2.05) is 36.5 Å². The highest BCUT2D eigenvalue weighted by molar-refractivity contribution is 6.14. The number of hydrogen-bond acceptors (Lipinski definition) is 4. The molecule has 0 saturated carbocycles. The normalized spacial score (nSPS) is 13.2. The van der Waals surface area contributed by atoms with Crippen LogP contribution in [-0.4, -0.2) is 23.6 Å². The highest BCUT2D eigenvalue weighted by Gasteiger charge is 2.26. The van der Waals surface area contributed by atoms with E-state index >= 15 is 0 Å². The summed E-state index contributed by atoms with van der Waals surface area (Å²) in [5.74, 6) is 1.61. The average Bonchev–Trinajstić information content (AvgIpc) is 3.42. The van der Waals surface area contributed by atoms with Gasteiger partial charge in [-0.15, -0.1) is 0 Å². The van der Waals surface area contributed by atoms with Crippen molar-refractivity contribution in [3.8, 4) is 56.1 Å². The first-order valence-electron chi connectivity index (χ1n) is 13.9. The van der Waals surface area contributed by atoms with Gasteiger partial charge in [0.1, 0.15) is 11.5 Å². The fourth-order valence-corrected chi connectivity index (χ4v) is 6.14. The SMILES string of the molecule is CN1C=CN(c2cc(Oc3cccc(-c4ccccn4)c3)c3c(c2)-c2ccccc2-c2cccc4cccc-3c24)C1. The lowest BCUT2D eigenvalue weighted by Gasteiger charge is -2.23. The molecular formula is C37H27N3O. The van der Waals surface area contributed by atoms with E-state index in [0.717, 1.165) is 40.7 Å². The molecule has 0 fully saturated rings. The van der Waals surface area contributed by atoms with Gasteiger partial charge in [-0.3, -0.25) is 4.98 Å². The molecule has 1 aliphatic carbocycles. The molecule has 196 valence electrons. The van der Waals surface area contributed by atoms with Crippen LogP contribution in [0.25, 0.3) is 55.4 Å². The van der Waals surface area contributed by atoms with Gasteiger partial charge in [0.05, 0.1) is 12.4 Å². The standard InChI is InChI=1S/C37H27N3O/c1-39-19-20-40(24-39)27-22-33-30-14-3-2-13-29(30)31-15-7-9-25-10-8-16-32(36(25)31)37(33)35(23-27)41-28-12-6-11-26(21-28)34-17-4-5-18-38-34/h2-23H,24H2,1H3. The van der Waals surface area contributed by atoms with Gasteiger partial charge in [0.25, 0.3) is 0 Å². The molecule has 0 saturated heterocycles. The van der Waals surface area contributed by atoms with Crippen LogP contribution in [-0.2, 0) is 0 Å². The number of rotatable bonds is 4. The summed E-state index contributed by atoms with van der Waals surface area (Å²) in [6.45, 7) is 0.783. The molecule has 4 nitrogen and oxygen atoms in total. The van der Waals surface area contributed by atoms with Gasteiger partial charge in [-0.2, -0.15) is 0 Å². The first-order chi connectivity index (χ1) is 20.2. The Morgan fingerprint density at radius 2 is 1.41 bits per heavy atom. The summed E-state index contributed by atoms with van der Waals surface area (Å²) >= 11 is 0. The zero-order valence-electron chi connectivity index (χ0n) is 22.7. The van der Waals surface area contributed by atoms with E-state index in [9.17, 15) is 0 Å². The third-order valence-electron chi connectivity index (χ3n) is 8.00. The van der Waals surface area contributed by atoms with Gasteiger partial charge in [-0.05, 0) is 68.9 Å². The van der Waals surface area contributed by atoms with Crippen LogP contribution >= 0.6 is 0 Å². The van der Waals surface area contributed by atoms with Crippen molar-refractivity contribution in [3.05, 3.63) is 134 Å². The van der Waals surface area contributed by atoms with Crippen LogP contribution in [0.5, 0.6) is 11.5 Å². The van der Waals surface area contributed by atoms with Crippen molar-refractivity contribution in [1.82, 2.24) is 9.88 Å². The molecule has 41 heavy (non-hydrogen) atoms. The van der Waals surface area contributed by atoms with E-state index in [1.165, 1.54) is 38.6 Å². The number of hydrogen-bond donors (Lipinski definition) is 0. The Bertz CT molecular complexity index is 1970. The number of benzene rings is 5. The fraction of sp³-hybridized carbons (Fsp3) is 0.0541. The second kappa shape index (κ2) is 9.39. The van der Waals surface area contributed by atoms with Crippen LogP contribution in [0, 0.1) is 0 Å². The Hall–Kier alpha value is -5.35. The van der Waals surface area contributed by atoms with E-state index in [2.05, 4.69) is 119 Å². The lowest BCUT2D eigenvalue weighted by atomic mass is 9.92. The Labute approximate surface area is 239 Å². The fourth-order valence-electron chi connectivity index (χ4n) is 6.14. The quantitative estimate of drug-likeness (QED) is 0.227. The highest BCUT2D eigenvalue weighted by atomic mass is 16.5. The third kappa shape index (κ3) is 3.95. The molecule has 0 unspecified atom stereocenters. The summed E-state index contributed by atoms with van der Waals surface area (Å²) in [7, 11) is 2.09. The lowest BCUT2D eigenvalue weighted by Crippen LogP contribution is -2.21. The topological polar surface area (TPSA) is 28.6 Å². The second-order valence-electron chi connectivity index (χ2n) is 10.6. The van der Waals surface area contributed by atoms with E-state index in [4.69, 9.17) is 4.74 Å². The van der Waals surface area contributed by atoms with Crippen molar-refractivity contribution in [2.24, 2.45) is 0 Å². The molecule has 0 amide bonds. The smallest absolute Gasteiger partial charge is 0.137 e. The van der Waals surface area contributed by atoms with Gasteiger partial charge in [-0.1, -0.05) is 78.9 Å². The zero-order chi connectivity index (χ0) is 27.3. The van der Waals surface area contributed by atoms with Crippen LogP contribution in [0.2, 0.25) is 0 Å². The maximum absolute atomic E-state index is 6.89. The summed E-state index contributed by atoms with van der Waals surface area (Å²) in [6.07, 6.45) is 6.06. The van der Waals surface area contributed by atoms with Crippen LogP contribution in [0.3, 0.4) is 0 Å². The molecule has 0 radical (unpaired) electrons. The number of anilines is 1. The van der Waals surface area contributed by atoms with E-state index in [0.29, 0.717) is 0 Å². The molecular weight excluding hydrogens is 502 g/mol. The van der Waals surface area contributed by atoms with Gasteiger partial charge in [-0.25, -0.2) is 0 Å². The Morgan fingerprint density at radius 3 is 2.20 bits per heavy atom. The minimum absolute atomic E-state index is 0.777. The molecule has 6 aromatic rings. The number of nitrogens with zero attached hydrogens (tertiary/aromatic N) is 3. The predicted molar refractivity (Wildman–Crippen MR) is 168 cm³/mol. The number of ether oxygens (including phenoxy) is 1. The number of aromatic nitrogens is 1. The summed E-state index contributed by atoms with van der Waals surface area (Å²) in [5.41, 5.74) is 10.2. The number of pyridine rings is 1. The molecule has 0 N–H and O–H groups in total. The molecule has 0 spiro atoms. The Balaban J connectivity index is 1.40. The zero-order valence-corrected chi connectivity index (χ0v) is 22.7. The van der Waals surface area contributed by atoms with Gasteiger partial charge in [0.15, 0.2) is 0 Å². The molecule has 1 aromatic heterocycles. The summed E-state index contributed by atoms with van der Waals surface area (Å²) in [6, 6.07) is 40.6. The van der Waals surface area contributed by atoms with E-state index in [1.54, 1.807) is 0 Å². The molecule has 1 aliphatic heterocycles. The predicted octanol–water partition coefficient (Wildman–Crippen LogP) is 9.19. The molecule has 2 aliphatic rings. The Morgan fingerprint density at radius 1 is 0.659 bits per heavy atom. The monoisotopic (exact) mass is 529 g/mol. The average molecular weight is 530 g/mol. The molecule has 4 heteroatoms. The molecule has 8 rings (SSSR count). The minimum Gasteiger partial charge on any atom is -0.457 e. The van der Waals surface area contributed by atoms with Crippen LogP contribution in [0.1, 0.15) is 0 Å². The second-order valence-corrected chi connectivity index (χ2v) is 10.6. The van der Waals surface area contributed by atoms with E-state index in [-0.39, 0.29) is 0 Å². The van der Waals surface area contributed by atoms with Gasteiger partial charge in [0, 0.05) is 48.5 Å². The van der Waals surface area contributed by atoms with E-state index < -0.39 is 0 Å². The number of fused-ring (bicyclic) bond motifs is 5. The lowest BCUT2D eigenvalue weighted by molar-refractivity contribution is 0.482. The highest BCUT2D eigenvalue weighted by Crippen LogP contribution is 2.52. The maximum Gasteiger partial charge on any atom is 0.137 e. The first kappa shape index (κ1) is 23.5. The molecule has 0 bridgehead atoms. The van der Waals surface area contributed by atoms with Crippen molar-refractivity contribution < 1.29 is 4.74 Å². The van der Waals surface area contributed by atoms with Gasteiger partial charge >= 0.3 is 0 Å². The molecule has 5 aromatic carbocycles. The summed E-state index contributed by atoms with van der Waals surface area (Å²) in [5, 5.41) is 2.47. The molecule has 0 atom stereocenters. The van der Waals surface area contributed by atoms with Crippen molar-refractivity contribution in [2.45, 2.75) is 0 Å². The Kier molecular flexibility index (Phi) is 5.39.